The summed E-state index contributed by atoms with van der Waals surface area (Å²) in [6.07, 6.45) is 2.87. The molecule has 0 bridgehead atoms. The van der Waals surface area contributed by atoms with Crippen LogP contribution in [0.1, 0.15) is 63.5 Å². The first kappa shape index (κ1) is 24.8. The molecule has 1 aliphatic rings. The molecule has 1 aliphatic heterocycles. The Morgan fingerprint density at radius 2 is 1.76 bits per heavy atom. The molecule has 0 aliphatic carbocycles. The molecule has 33 heavy (non-hydrogen) atoms. The lowest BCUT2D eigenvalue weighted by Crippen LogP contribution is -2.31. The highest BCUT2D eigenvalue weighted by molar-refractivity contribution is 7.90. The second kappa shape index (κ2) is 10.8. The van der Waals surface area contributed by atoms with Crippen LogP contribution in [0.5, 0.6) is 5.75 Å². The molecule has 1 amide bonds. The highest BCUT2D eigenvalue weighted by atomic mass is 32.2. The van der Waals surface area contributed by atoms with Crippen LogP contribution in [0.4, 0.5) is 5.69 Å². The maximum absolute atomic E-state index is 12.7. The predicted molar refractivity (Wildman–Crippen MR) is 132 cm³/mol. The number of carbonyl (C=O) groups excluding carboxylic acids is 1. The quantitative estimate of drug-likeness (QED) is 0.608. The van der Waals surface area contributed by atoms with Crippen molar-refractivity contribution in [3.63, 3.8) is 0 Å². The van der Waals surface area contributed by atoms with Gasteiger partial charge in [-0.1, -0.05) is 26.3 Å². The normalized spacial score (nSPS) is 15.4. The first-order valence-corrected chi connectivity index (χ1v) is 12.9. The third-order valence-corrected chi connectivity index (χ3v) is 7.00. The summed E-state index contributed by atoms with van der Waals surface area (Å²) in [6.45, 7) is 8.62. The molecule has 0 aromatic heterocycles. The molecule has 2 aromatic carbocycles. The van der Waals surface area contributed by atoms with E-state index in [0.717, 1.165) is 24.8 Å². The van der Waals surface area contributed by atoms with Gasteiger partial charge in [-0.05, 0) is 80.1 Å². The first-order valence-electron chi connectivity index (χ1n) is 11.4. The van der Waals surface area contributed by atoms with Crippen LogP contribution in [-0.4, -0.2) is 32.8 Å². The van der Waals surface area contributed by atoms with Gasteiger partial charge in [0, 0.05) is 18.7 Å². The summed E-state index contributed by atoms with van der Waals surface area (Å²) >= 11 is 0. The van der Waals surface area contributed by atoms with Gasteiger partial charge >= 0.3 is 0 Å². The molecule has 1 unspecified atom stereocenters. The zero-order chi connectivity index (χ0) is 24.0. The van der Waals surface area contributed by atoms with Crippen LogP contribution in [0.25, 0.3) is 0 Å². The third kappa shape index (κ3) is 6.81. The van der Waals surface area contributed by atoms with E-state index in [2.05, 4.69) is 28.9 Å². The number of carbonyl (C=O) groups is 1. The maximum atomic E-state index is 12.7. The second-order valence-electron chi connectivity index (χ2n) is 8.69. The van der Waals surface area contributed by atoms with Gasteiger partial charge in [-0.25, -0.2) is 8.42 Å². The first-order chi connectivity index (χ1) is 15.7. The Kier molecular flexibility index (Phi) is 8.13. The van der Waals surface area contributed by atoms with Crippen molar-refractivity contribution >= 4 is 27.5 Å². The standard InChI is InChI=1S/C25H33N3O4S/c1-17(2)23-14-11-21(16-18(23)3)32-19(4)25(29)27-20-9-12-22(13-10-20)33(30,31)28-24-8-6-5-7-15-26-24/h9-14,16-17,19H,5-8,15H2,1-4H3,(H,26,28)(H,27,29). The second-order valence-corrected chi connectivity index (χ2v) is 10.4. The Labute approximate surface area is 196 Å². The minimum absolute atomic E-state index is 0.123. The van der Waals surface area contributed by atoms with Crippen molar-refractivity contribution < 1.29 is 17.9 Å². The van der Waals surface area contributed by atoms with Crippen LogP contribution in [0, 0.1) is 6.92 Å². The van der Waals surface area contributed by atoms with E-state index >= 15 is 0 Å². The number of hydrogen-bond donors (Lipinski definition) is 2. The van der Waals surface area contributed by atoms with E-state index in [9.17, 15) is 13.2 Å². The summed E-state index contributed by atoms with van der Waals surface area (Å²) in [5, 5.41) is 2.77. The number of nitrogens with one attached hydrogen (secondary N) is 2. The molecule has 7 nitrogen and oxygen atoms in total. The fraction of sp³-hybridized carbons (Fsp3) is 0.440. The number of aliphatic imine (C=N–C) groups is 1. The summed E-state index contributed by atoms with van der Waals surface area (Å²) in [5.41, 5.74) is 2.86. The Balaban J connectivity index is 1.60. The van der Waals surface area contributed by atoms with Crippen molar-refractivity contribution in [1.82, 2.24) is 4.72 Å². The number of amidine groups is 1. The molecule has 0 spiro atoms. The van der Waals surface area contributed by atoms with Gasteiger partial charge in [0.2, 0.25) is 0 Å². The molecule has 178 valence electrons. The number of hydrogen-bond acceptors (Lipinski definition) is 5. The molecule has 3 rings (SSSR count). The lowest BCUT2D eigenvalue weighted by molar-refractivity contribution is -0.122. The predicted octanol–water partition coefficient (Wildman–Crippen LogP) is 4.78. The average Bonchev–Trinajstić information content (AvgIpc) is 3.02. The highest BCUT2D eigenvalue weighted by Crippen LogP contribution is 2.24. The number of nitrogens with zero attached hydrogens (tertiary/aromatic N) is 1. The van der Waals surface area contributed by atoms with Gasteiger partial charge in [-0.3, -0.25) is 14.5 Å². The highest BCUT2D eigenvalue weighted by Gasteiger charge is 2.19. The number of benzene rings is 2. The van der Waals surface area contributed by atoms with Gasteiger partial charge in [0.15, 0.2) is 6.10 Å². The van der Waals surface area contributed by atoms with Crippen LogP contribution in [0.3, 0.4) is 0 Å². The number of aryl methyl sites for hydroxylation is 1. The van der Waals surface area contributed by atoms with Crippen molar-refractivity contribution in [1.29, 1.82) is 0 Å². The smallest absolute Gasteiger partial charge is 0.265 e. The van der Waals surface area contributed by atoms with Crippen molar-refractivity contribution in [3.8, 4) is 5.75 Å². The van der Waals surface area contributed by atoms with Crippen LogP contribution < -0.4 is 14.8 Å². The zero-order valence-electron chi connectivity index (χ0n) is 19.7. The maximum Gasteiger partial charge on any atom is 0.265 e. The van der Waals surface area contributed by atoms with E-state index in [4.69, 9.17) is 4.74 Å². The van der Waals surface area contributed by atoms with Gasteiger partial charge in [-0.2, -0.15) is 0 Å². The number of anilines is 1. The molecule has 8 heteroatoms. The minimum atomic E-state index is -3.71. The minimum Gasteiger partial charge on any atom is -0.481 e. The Morgan fingerprint density at radius 1 is 1.03 bits per heavy atom. The number of rotatable bonds is 7. The molecule has 2 N–H and O–H groups in total. The van der Waals surface area contributed by atoms with Crippen molar-refractivity contribution in [3.05, 3.63) is 53.6 Å². The lowest BCUT2D eigenvalue weighted by Gasteiger charge is -2.17. The van der Waals surface area contributed by atoms with Crippen molar-refractivity contribution in [2.24, 2.45) is 4.99 Å². The Bertz CT molecular complexity index is 1110. The fourth-order valence-corrected chi connectivity index (χ4v) is 4.85. The van der Waals surface area contributed by atoms with Crippen molar-refractivity contribution in [2.45, 2.75) is 70.3 Å². The van der Waals surface area contributed by atoms with Crippen molar-refractivity contribution in [2.75, 3.05) is 11.9 Å². The van der Waals surface area contributed by atoms with E-state index in [1.165, 1.54) is 17.7 Å². The number of amides is 1. The van der Waals surface area contributed by atoms with Gasteiger partial charge in [-0.15, -0.1) is 0 Å². The summed E-state index contributed by atoms with van der Waals surface area (Å²) in [6, 6.07) is 11.9. The molecular formula is C25H33N3O4S. The lowest BCUT2D eigenvalue weighted by atomic mass is 9.98. The SMILES string of the molecule is Cc1cc(OC(C)C(=O)Nc2ccc(S(=O)(=O)NC3=NCCCCC3)cc2)ccc1C(C)C. The molecule has 1 heterocycles. The van der Waals surface area contributed by atoms with E-state index < -0.39 is 16.1 Å². The fourth-order valence-electron chi connectivity index (χ4n) is 3.76. The van der Waals surface area contributed by atoms with Gasteiger partial charge in [0.25, 0.3) is 15.9 Å². The van der Waals surface area contributed by atoms with E-state index in [-0.39, 0.29) is 10.8 Å². The molecule has 1 atom stereocenters. The third-order valence-electron chi connectivity index (χ3n) is 5.60. The van der Waals surface area contributed by atoms with Crippen LogP contribution >= 0.6 is 0 Å². The van der Waals surface area contributed by atoms with E-state index in [1.54, 1.807) is 19.1 Å². The average molecular weight is 472 g/mol. The Hall–Kier alpha value is -2.87. The molecule has 0 radical (unpaired) electrons. The number of ether oxygens (including phenoxy) is 1. The van der Waals surface area contributed by atoms with Gasteiger partial charge in [0.1, 0.15) is 11.6 Å². The topological polar surface area (TPSA) is 96.9 Å². The summed E-state index contributed by atoms with van der Waals surface area (Å²) in [5.74, 6) is 1.24. The molecule has 0 saturated heterocycles. The molecule has 0 saturated carbocycles. The summed E-state index contributed by atoms with van der Waals surface area (Å²) in [4.78, 5) is 17.0. The van der Waals surface area contributed by atoms with Crippen LogP contribution in [0.15, 0.2) is 52.4 Å². The largest absolute Gasteiger partial charge is 0.481 e. The molecule has 0 fully saturated rings. The van der Waals surface area contributed by atoms with Gasteiger partial charge < -0.3 is 10.1 Å². The van der Waals surface area contributed by atoms with E-state index in [1.807, 2.05) is 25.1 Å². The zero-order valence-corrected chi connectivity index (χ0v) is 20.5. The monoisotopic (exact) mass is 471 g/mol. The van der Waals surface area contributed by atoms with Gasteiger partial charge in [0.05, 0.1) is 4.90 Å². The van der Waals surface area contributed by atoms with E-state index in [0.29, 0.717) is 36.2 Å². The molecular weight excluding hydrogens is 438 g/mol. The van der Waals surface area contributed by atoms with Crippen LogP contribution in [-0.2, 0) is 14.8 Å². The molecule has 2 aromatic rings. The summed E-state index contributed by atoms with van der Waals surface area (Å²) < 4.78 is 33.7. The van der Waals surface area contributed by atoms with Crippen LogP contribution in [0.2, 0.25) is 0 Å². The Morgan fingerprint density at radius 3 is 2.42 bits per heavy atom. The summed E-state index contributed by atoms with van der Waals surface area (Å²) in [7, 11) is -3.71. The number of sulfonamides is 1.